The molecule has 0 saturated carbocycles. The summed E-state index contributed by atoms with van der Waals surface area (Å²) >= 11 is 0. The molecule has 2 aromatic rings. The van der Waals surface area contributed by atoms with Crippen LogP contribution in [0.5, 0.6) is 0 Å². The van der Waals surface area contributed by atoms with Crippen LogP contribution < -0.4 is 5.32 Å². The minimum Gasteiger partial charge on any atom is -0.375 e. The Morgan fingerprint density at radius 2 is 1.95 bits per heavy atom. The van der Waals surface area contributed by atoms with Crippen molar-refractivity contribution in [2.75, 3.05) is 5.32 Å². The van der Waals surface area contributed by atoms with Crippen molar-refractivity contribution in [1.82, 2.24) is 0 Å². The number of nitrogens with zero attached hydrogens (tertiary/aromatic N) is 2. The highest BCUT2D eigenvalue weighted by Crippen LogP contribution is 2.26. The topological polar surface area (TPSA) is 79.0 Å². The zero-order chi connectivity index (χ0) is 15.4. The first-order valence-corrected chi connectivity index (χ1v) is 6.50. The molecule has 0 bridgehead atoms. The molecule has 0 amide bonds. The monoisotopic (exact) mass is 281 g/mol. The fourth-order valence-corrected chi connectivity index (χ4v) is 2.01. The van der Waals surface area contributed by atoms with E-state index in [0.717, 1.165) is 5.56 Å². The average molecular weight is 281 g/mol. The van der Waals surface area contributed by atoms with Gasteiger partial charge in [0.05, 0.1) is 16.6 Å². The van der Waals surface area contributed by atoms with Gasteiger partial charge in [0.2, 0.25) is 0 Å². The Bertz CT molecular complexity index is 733. The maximum atomic E-state index is 11.1. The molecule has 0 aliphatic carbocycles. The quantitative estimate of drug-likeness (QED) is 0.684. The number of nitro groups is 1. The number of benzene rings is 2. The van der Waals surface area contributed by atoms with Gasteiger partial charge in [-0.2, -0.15) is 5.26 Å². The number of anilines is 1. The Labute approximate surface area is 123 Å². The third-order valence-electron chi connectivity index (χ3n) is 3.38. The van der Waals surface area contributed by atoms with E-state index < -0.39 is 4.92 Å². The standard InChI is InChI=1S/C16H15N3O2/c1-11-3-4-14(7-12(11)2)10-18-15-6-5-13(9-17)8-16(15)19(20)21/h3-8,18H,10H2,1-2H3. The summed E-state index contributed by atoms with van der Waals surface area (Å²) in [5, 5.41) is 22.9. The molecule has 2 rings (SSSR count). The molecule has 0 unspecified atom stereocenters. The number of nitro benzene ring substituents is 1. The zero-order valence-corrected chi connectivity index (χ0v) is 11.9. The zero-order valence-electron chi connectivity index (χ0n) is 11.9. The van der Waals surface area contributed by atoms with E-state index in [1.165, 1.54) is 17.2 Å². The van der Waals surface area contributed by atoms with Crippen molar-refractivity contribution < 1.29 is 4.92 Å². The van der Waals surface area contributed by atoms with Gasteiger partial charge < -0.3 is 5.32 Å². The normalized spacial score (nSPS) is 9.95. The van der Waals surface area contributed by atoms with Crippen LogP contribution in [-0.4, -0.2) is 4.92 Å². The lowest BCUT2D eigenvalue weighted by atomic mass is 10.1. The van der Waals surface area contributed by atoms with Gasteiger partial charge in [0.15, 0.2) is 0 Å². The fourth-order valence-electron chi connectivity index (χ4n) is 2.01. The van der Waals surface area contributed by atoms with Gasteiger partial charge in [-0.3, -0.25) is 10.1 Å². The van der Waals surface area contributed by atoms with Crippen LogP contribution in [0.3, 0.4) is 0 Å². The Morgan fingerprint density at radius 3 is 2.57 bits per heavy atom. The summed E-state index contributed by atoms with van der Waals surface area (Å²) < 4.78 is 0. The van der Waals surface area contributed by atoms with Crippen molar-refractivity contribution >= 4 is 11.4 Å². The molecule has 5 nitrogen and oxygen atoms in total. The smallest absolute Gasteiger partial charge is 0.293 e. The van der Waals surface area contributed by atoms with Crippen LogP contribution >= 0.6 is 0 Å². The van der Waals surface area contributed by atoms with E-state index in [1.807, 2.05) is 32.0 Å². The van der Waals surface area contributed by atoms with Gasteiger partial charge in [-0.05, 0) is 42.7 Å². The minimum atomic E-state index is -0.483. The average Bonchev–Trinajstić information content (AvgIpc) is 2.48. The molecular formula is C16H15N3O2. The highest BCUT2D eigenvalue weighted by atomic mass is 16.6. The van der Waals surface area contributed by atoms with E-state index in [0.29, 0.717) is 12.2 Å². The number of rotatable bonds is 4. The third kappa shape index (κ3) is 3.37. The molecule has 1 N–H and O–H groups in total. The number of aryl methyl sites for hydroxylation is 2. The SMILES string of the molecule is Cc1ccc(CNc2ccc(C#N)cc2[N+](=O)[O-])cc1C. The van der Waals surface area contributed by atoms with Crippen LogP contribution in [0.4, 0.5) is 11.4 Å². The summed E-state index contributed by atoms with van der Waals surface area (Å²) in [4.78, 5) is 10.6. The van der Waals surface area contributed by atoms with Gasteiger partial charge >= 0.3 is 0 Å². The molecule has 21 heavy (non-hydrogen) atoms. The third-order valence-corrected chi connectivity index (χ3v) is 3.38. The summed E-state index contributed by atoms with van der Waals surface area (Å²) in [5.41, 5.74) is 4.05. The lowest BCUT2D eigenvalue weighted by Gasteiger charge is -2.09. The van der Waals surface area contributed by atoms with E-state index in [2.05, 4.69) is 11.4 Å². The maximum absolute atomic E-state index is 11.1. The van der Waals surface area contributed by atoms with Crippen LogP contribution in [0.25, 0.3) is 0 Å². The summed E-state index contributed by atoms with van der Waals surface area (Å²) in [5.74, 6) is 0. The van der Waals surface area contributed by atoms with E-state index >= 15 is 0 Å². The molecule has 0 heterocycles. The number of hydrogen-bond donors (Lipinski definition) is 1. The van der Waals surface area contributed by atoms with Crippen LogP contribution in [0.1, 0.15) is 22.3 Å². The second-order valence-corrected chi connectivity index (χ2v) is 4.87. The molecule has 0 fully saturated rings. The summed E-state index contributed by atoms with van der Waals surface area (Å²) in [6, 6.07) is 12.4. The predicted molar refractivity (Wildman–Crippen MR) is 81.1 cm³/mol. The second kappa shape index (κ2) is 6.06. The van der Waals surface area contributed by atoms with Crippen LogP contribution in [-0.2, 0) is 6.54 Å². The highest BCUT2D eigenvalue weighted by Gasteiger charge is 2.14. The molecule has 0 radical (unpaired) electrons. The van der Waals surface area contributed by atoms with Gasteiger partial charge in [-0.1, -0.05) is 18.2 Å². The van der Waals surface area contributed by atoms with Crippen LogP contribution in [0.15, 0.2) is 36.4 Å². The van der Waals surface area contributed by atoms with Crippen LogP contribution in [0, 0.1) is 35.3 Å². The van der Waals surface area contributed by atoms with Gasteiger partial charge in [0.25, 0.3) is 5.69 Å². The second-order valence-electron chi connectivity index (χ2n) is 4.87. The minimum absolute atomic E-state index is 0.0853. The molecule has 0 atom stereocenters. The van der Waals surface area contributed by atoms with Gasteiger partial charge in [-0.25, -0.2) is 0 Å². The van der Waals surface area contributed by atoms with Gasteiger partial charge in [0, 0.05) is 12.6 Å². The molecule has 0 aliphatic heterocycles. The van der Waals surface area contributed by atoms with Gasteiger partial charge in [0.1, 0.15) is 5.69 Å². The molecule has 0 spiro atoms. The Kier molecular flexibility index (Phi) is 4.19. The molecule has 0 saturated heterocycles. The molecule has 5 heteroatoms. The van der Waals surface area contributed by atoms with Crippen molar-refractivity contribution in [2.24, 2.45) is 0 Å². The molecule has 0 aliphatic rings. The van der Waals surface area contributed by atoms with E-state index in [-0.39, 0.29) is 11.3 Å². The van der Waals surface area contributed by atoms with Crippen LogP contribution in [0.2, 0.25) is 0 Å². The lowest BCUT2D eigenvalue weighted by Crippen LogP contribution is -2.03. The van der Waals surface area contributed by atoms with Gasteiger partial charge in [-0.15, -0.1) is 0 Å². The summed E-state index contributed by atoms with van der Waals surface area (Å²) in [6.45, 7) is 4.56. The summed E-state index contributed by atoms with van der Waals surface area (Å²) in [7, 11) is 0. The highest BCUT2D eigenvalue weighted by molar-refractivity contribution is 5.64. The van der Waals surface area contributed by atoms with Crippen molar-refractivity contribution in [3.63, 3.8) is 0 Å². The first kappa shape index (κ1) is 14.5. The van der Waals surface area contributed by atoms with E-state index in [4.69, 9.17) is 5.26 Å². The van der Waals surface area contributed by atoms with Crippen molar-refractivity contribution in [2.45, 2.75) is 20.4 Å². The molecule has 2 aromatic carbocycles. The Balaban J connectivity index is 2.21. The van der Waals surface area contributed by atoms with E-state index in [9.17, 15) is 10.1 Å². The largest absolute Gasteiger partial charge is 0.375 e. The maximum Gasteiger partial charge on any atom is 0.293 e. The van der Waals surface area contributed by atoms with Crippen molar-refractivity contribution in [3.8, 4) is 6.07 Å². The lowest BCUT2D eigenvalue weighted by molar-refractivity contribution is -0.384. The first-order valence-electron chi connectivity index (χ1n) is 6.50. The fraction of sp³-hybridized carbons (Fsp3) is 0.188. The molecular weight excluding hydrogens is 266 g/mol. The number of hydrogen-bond acceptors (Lipinski definition) is 4. The Hall–Kier alpha value is -2.87. The van der Waals surface area contributed by atoms with E-state index in [1.54, 1.807) is 12.1 Å². The number of nitrogens with one attached hydrogen (secondary N) is 1. The molecule has 106 valence electrons. The predicted octanol–water partition coefficient (Wildman–Crippen LogP) is 3.70. The van der Waals surface area contributed by atoms with Crippen molar-refractivity contribution in [1.29, 1.82) is 5.26 Å². The molecule has 0 aromatic heterocycles. The number of nitriles is 1. The summed E-state index contributed by atoms with van der Waals surface area (Å²) in [6.07, 6.45) is 0. The first-order chi connectivity index (χ1) is 10.0. The van der Waals surface area contributed by atoms with Crippen molar-refractivity contribution in [3.05, 3.63) is 68.8 Å². The Morgan fingerprint density at radius 1 is 1.19 bits per heavy atom.